The Balaban J connectivity index is 2.84. The molecule has 12 heavy (non-hydrogen) atoms. The molecule has 1 aliphatic heterocycles. The number of hydrogen-bond donors (Lipinski definition) is 1. The van der Waals surface area contributed by atoms with Gasteiger partial charge in [0.1, 0.15) is 5.60 Å². The zero-order valence-corrected chi connectivity index (χ0v) is 7.57. The Kier molecular flexibility index (Phi) is 1.88. The van der Waals surface area contributed by atoms with E-state index in [0.717, 1.165) is 0 Å². The zero-order valence-electron chi connectivity index (χ0n) is 7.57. The van der Waals surface area contributed by atoms with Crippen LogP contribution in [0.1, 0.15) is 13.8 Å². The van der Waals surface area contributed by atoms with Crippen molar-refractivity contribution in [3.63, 3.8) is 0 Å². The fourth-order valence-electron chi connectivity index (χ4n) is 1.57. The molecule has 1 N–H and O–H groups in total. The SMILES string of the molecule is CN1CC([N+](=O)[O-])(C(C)(C)O)C1. The lowest BCUT2D eigenvalue weighted by Crippen LogP contribution is -2.74. The highest BCUT2D eigenvalue weighted by Crippen LogP contribution is 2.33. The first kappa shape index (κ1) is 9.41. The van der Waals surface area contributed by atoms with E-state index in [2.05, 4.69) is 0 Å². The molecule has 0 aromatic heterocycles. The van der Waals surface area contributed by atoms with Crippen LogP contribution in [0.25, 0.3) is 0 Å². The van der Waals surface area contributed by atoms with Crippen LogP contribution in [0, 0.1) is 10.1 Å². The van der Waals surface area contributed by atoms with Crippen LogP contribution in [-0.4, -0.2) is 46.2 Å². The molecule has 0 atom stereocenters. The minimum absolute atomic E-state index is 0.323. The average molecular weight is 174 g/mol. The summed E-state index contributed by atoms with van der Waals surface area (Å²) in [6, 6.07) is 0. The number of rotatable bonds is 2. The maximum Gasteiger partial charge on any atom is 0.274 e. The van der Waals surface area contributed by atoms with Crippen LogP contribution in [0.2, 0.25) is 0 Å². The van der Waals surface area contributed by atoms with Gasteiger partial charge >= 0.3 is 0 Å². The number of nitro groups is 1. The van der Waals surface area contributed by atoms with E-state index in [4.69, 9.17) is 0 Å². The Labute approximate surface area is 71.1 Å². The highest BCUT2D eigenvalue weighted by molar-refractivity contribution is 5.05. The number of likely N-dealkylation sites (tertiary alicyclic amines) is 1. The number of aliphatic hydroxyl groups is 1. The summed E-state index contributed by atoms with van der Waals surface area (Å²) >= 11 is 0. The summed E-state index contributed by atoms with van der Waals surface area (Å²) in [5, 5.41) is 20.3. The predicted octanol–water partition coefficient (Wildman–Crippen LogP) is -0.282. The molecular formula is C7H14N2O3. The van der Waals surface area contributed by atoms with Gasteiger partial charge in [0.05, 0.1) is 13.1 Å². The first-order chi connectivity index (χ1) is 5.29. The molecule has 1 aliphatic rings. The molecule has 1 heterocycles. The molecule has 0 aliphatic carbocycles. The normalized spacial score (nSPS) is 23.3. The van der Waals surface area contributed by atoms with Crippen molar-refractivity contribution in [2.45, 2.75) is 25.0 Å². The molecule has 0 radical (unpaired) electrons. The Hall–Kier alpha value is -0.680. The molecule has 0 saturated carbocycles. The molecule has 0 unspecified atom stereocenters. The molecule has 0 bridgehead atoms. The average Bonchev–Trinajstić information content (AvgIpc) is 1.76. The number of nitrogens with zero attached hydrogens (tertiary/aromatic N) is 2. The lowest BCUT2D eigenvalue weighted by molar-refractivity contribution is -0.610. The lowest BCUT2D eigenvalue weighted by Gasteiger charge is -2.47. The molecule has 0 aromatic carbocycles. The van der Waals surface area contributed by atoms with Crippen molar-refractivity contribution in [3.8, 4) is 0 Å². The Morgan fingerprint density at radius 1 is 1.58 bits per heavy atom. The summed E-state index contributed by atoms with van der Waals surface area (Å²) < 4.78 is 0. The zero-order chi connectivity index (χ0) is 9.57. The lowest BCUT2D eigenvalue weighted by atomic mass is 9.77. The van der Waals surface area contributed by atoms with Crippen molar-refractivity contribution >= 4 is 0 Å². The number of hydrogen-bond acceptors (Lipinski definition) is 4. The molecule has 0 spiro atoms. The minimum Gasteiger partial charge on any atom is -0.383 e. The molecule has 1 rings (SSSR count). The largest absolute Gasteiger partial charge is 0.383 e. The summed E-state index contributed by atoms with van der Waals surface area (Å²) in [4.78, 5) is 12.2. The van der Waals surface area contributed by atoms with Gasteiger partial charge in [-0.3, -0.25) is 15.0 Å². The monoisotopic (exact) mass is 174 g/mol. The van der Waals surface area contributed by atoms with Gasteiger partial charge in [-0.05, 0) is 20.9 Å². The standard InChI is InChI=1S/C7H14N2O3/c1-6(2,10)7(9(11)12)4-8(3)5-7/h10H,4-5H2,1-3H3. The van der Waals surface area contributed by atoms with Crippen molar-refractivity contribution in [2.24, 2.45) is 0 Å². The maximum atomic E-state index is 10.7. The summed E-state index contributed by atoms with van der Waals surface area (Å²) in [6.45, 7) is 3.62. The second-order valence-corrected chi connectivity index (χ2v) is 4.02. The van der Waals surface area contributed by atoms with E-state index < -0.39 is 11.1 Å². The van der Waals surface area contributed by atoms with Gasteiger partial charge in [-0.2, -0.15) is 0 Å². The minimum atomic E-state index is -1.25. The molecule has 5 heteroatoms. The third kappa shape index (κ3) is 1.09. The van der Waals surface area contributed by atoms with E-state index in [0.29, 0.717) is 13.1 Å². The van der Waals surface area contributed by atoms with Crippen LogP contribution in [0.15, 0.2) is 0 Å². The van der Waals surface area contributed by atoms with Crippen molar-refractivity contribution in [1.29, 1.82) is 0 Å². The topological polar surface area (TPSA) is 66.6 Å². The Bertz CT molecular complexity index is 203. The molecule has 1 fully saturated rings. The van der Waals surface area contributed by atoms with Gasteiger partial charge in [0.2, 0.25) is 0 Å². The quantitative estimate of drug-likeness (QED) is 0.462. The van der Waals surface area contributed by atoms with Crippen LogP contribution < -0.4 is 0 Å². The molecule has 0 aromatic rings. The van der Waals surface area contributed by atoms with Crippen LogP contribution in [0.3, 0.4) is 0 Å². The van der Waals surface area contributed by atoms with E-state index in [9.17, 15) is 15.2 Å². The van der Waals surface area contributed by atoms with Gasteiger partial charge in [0.25, 0.3) is 5.54 Å². The highest BCUT2D eigenvalue weighted by Gasteiger charge is 2.62. The fraction of sp³-hybridized carbons (Fsp3) is 1.00. The third-order valence-corrected chi connectivity index (χ3v) is 2.55. The van der Waals surface area contributed by atoms with Gasteiger partial charge in [-0.25, -0.2) is 0 Å². The molecule has 1 saturated heterocycles. The molecular weight excluding hydrogens is 160 g/mol. The molecule has 5 nitrogen and oxygen atoms in total. The van der Waals surface area contributed by atoms with E-state index in [1.165, 1.54) is 13.8 Å². The second kappa shape index (κ2) is 2.40. The van der Waals surface area contributed by atoms with E-state index in [1.807, 2.05) is 4.90 Å². The first-order valence-corrected chi connectivity index (χ1v) is 3.85. The van der Waals surface area contributed by atoms with Gasteiger partial charge in [0, 0.05) is 4.92 Å². The summed E-state index contributed by atoms with van der Waals surface area (Å²) in [6.07, 6.45) is 0. The van der Waals surface area contributed by atoms with Crippen LogP contribution in [0.5, 0.6) is 0 Å². The van der Waals surface area contributed by atoms with Gasteiger partial charge < -0.3 is 5.11 Å². The molecule has 70 valence electrons. The highest BCUT2D eigenvalue weighted by atomic mass is 16.6. The van der Waals surface area contributed by atoms with Crippen LogP contribution >= 0.6 is 0 Å². The number of likely N-dealkylation sites (N-methyl/N-ethyl adjacent to an activating group) is 1. The van der Waals surface area contributed by atoms with Crippen molar-refractivity contribution in [1.82, 2.24) is 4.90 Å². The van der Waals surface area contributed by atoms with Crippen molar-refractivity contribution < 1.29 is 10.0 Å². The van der Waals surface area contributed by atoms with Crippen molar-refractivity contribution in [3.05, 3.63) is 10.1 Å². The first-order valence-electron chi connectivity index (χ1n) is 3.85. The smallest absolute Gasteiger partial charge is 0.274 e. The Morgan fingerprint density at radius 3 is 2.08 bits per heavy atom. The summed E-state index contributed by atoms with van der Waals surface area (Å²) in [7, 11) is 1.80. The predicted molar refractivity (Wildman–Crippen MR) is 43.5 cm³/mol. The van der Waals surface area contributed by atoms with Crippen LogP contribution in [-0.2, 0) is 0 Å². The van der Waals surface area contributed by atoms with Crippen molar-refractivity contribution in [2.75, 3.05) is 20.1 Å². The van der Waals surface area contributed by atoms with Gasteiger partial charge in [-0.15, -0.1) is 0 Å². The third-order valence-electron chi connectivity index (χ3n) is 2.55. The maximum absolute atomic E-state index is 10.7. The molecule has 0 amide bonds. The van der Waals surface area contributed by atoms with E-state index in [-0.39, 0.29) is 4.92 Å². The Morgan fingerprint density at radius 2 is 2.00 bits per heavy atom. The van der Waals surface area contributed by atoms with E-state index in [1.54, 1.807) is 7.05 Å². The van der Waals surface area contributed by atoms with Crippen LogP contribution in [0.4, 0.5) is 0 Å². The van der Waals surface area contributed by atoms with Gasteiger partial charge in [-0.1, -0.05) is 0 Å². The fourth-order valence-corrected chi connectivity index (χ4v) is 1.57. The summed E-state index contributed by atoms with van der Waals surface area (Å²) in [5.41, 5.74) is -2.41. The van der Waals surface area contributed by atoms with E-state index >= 15 is 0 Å². The van der Waals surface area contributed by atoms with Gasteiger partial charge in [0.15, 0.2) is 0 Å². The second-order valence-electron chi connectivity index (χ2n) is 4.02. The summed E-state index contributed by atoms with van der Waals surface area (Å²) in [5.74, 6) is 0.